The number of nitrogens with zero attached hydrogens (tertiary/aromatic N) is 2. The molecule has 138 valence electrons. The van der Waals surface area contributed by atoms with Crippen molar-refractivity contribution in [3.8, 4) is 6.07 Å². The average Bonchev–Trinajstić information content (AvgIpc) is 2.67. The lowest BCUT2D eigenvalue weighted by Gasteiger charge is -2.14. The Hall–Kier alpha value is -3.38. The lowest BCUT2D eigenvalue weighted by atomic mass is 10.2. The number of nitriles is 1. The first-order chi connectivity index (χ1) is 12.8. The first kappa shape index (κ1) is 19.9. The Morgan fingerprint density at radius 3 is 2.67 bits per heavy atom. The summed E-state index contributed by atoms with van der Waals surface area (Å²) in [6, 6.07) is 12.3. The van der Waals surface area contributed by atoms with Gasteiger partial charge in [-0.3, -0.25) is 14.9 Å². The summed E-state index contributed by atoms with van der Waals surface area (Å²) < 4.78 is 5.09. The highest BCUT2D eigenvalue weighted by Crippen LogP contribution is 2.26. The predicted octanol–water partition coefficient (Wildman–Crippen LogP) is 3.37. The van der Waals surface area contributed by atoms with Crippen molar-refractivity contribution in [2.24, 2.45) is 0 Å². The molecule has 0 saturated heterocycles. The molecule has 8 nitrogen and oxygen atoms in total. The van der Waals surface area contributed by atoms with Crippen LogP contribution in [-0.4, -0.2) is 29.2 Å². The second-order valence-electron chi connectivity index (χ2n) is 5.37. The molecule has 1 atom stereocenters. The maximum absolute atomic E-state index is 12.3. The van der Waals surface area contributed by atoms with Crippen LogP contribution in [0.25, 0.3) is 0 Å². The Morgan fingerprint density at radius 1 is 1.30 bits per heavy atom. The maximum atomic E-state index is 12.3. The SMILES string of the molecule is CSc1ccc([N+](=O)[O-])c(C(=O)OC(C)C(=O)Nc2cccc(C#N)c2)c1. The first-order valence-electron chi connectivity index (χ1n) is 7.70. The van der Waals surface area contributed by atoms with Crippen LogP contribution in [0, 0.1) is 21.4 Å². The number of benzene rings is 2. The van der Waals surface area contributed by atoms with Crippen molar-refractivity contribution in [1.82, 2.24) is 0 Å². The van der Waals surface area contributed by atoms with Gasteiger partial charge in [-0.15, -0.1) is 11.8 Å². The summed E-state index contributed by atoms with van der Waals surface area (Å²) in [6.07, 6.45) is 0.572. The zero-order valence-electron chi connectivity index (χ0n) is 14.5. The number of carbonyl (C=O) groups excluding carboxylic acids is 2. The van der Waals surface area contributed by atoms with Crippen LogP contribution in [0.3, 0.4) is 0 Å². The lowest BCUT2D eigenvalue weighted by molar-refractivity contribution is -0.385. The van der Waals surface area contributed by atoms with Crippen LogP contribution in [0.15, 0.2) is 47.4 Å². The molecule has 1 amide bonds. The third kappa shape index (κ3) is 5.05. The molecule has 1 N–H and O–H groups in total. The predicted molar refractivity (Wildman–Crippen MR) is 99.5 cm³/mol. The summed E-state index contributed by atoms with van der Waals surface area (Å²) >= 11 is 1.32. The van der Waals surface area contributed by atoms with Crippen molar-refractivity contribution in [1.29, 1.82) is 5.26 Å². The minimum Gasteiger partial charge on any atom is -0.449 e. The molecule has 0 aromatic heterocycles. The molecule has 2 aromatic carbocycles. The van der Waals surface area contributed by atoms with Crippen LogP contribution in [0.4, 0.5) is 11.4 Å². The number of esters is 1. The molecule has 27 heavy (non-hydrogen) atoms. The number of rotatable bonds is 6. The van der Waals surface area contributed by atoms with Crippen molar-refractivity contribution < 1.29 is 19.2 Å². The molecule has 0 saturated carbocycles. The molecule has 0 aliphatic heterocycles. The van der Waals surface area contributed by atoms with Gasteiger partial charge in [-0.05, 0) is 43.5 Å². The Bertz CT molecular complexity index is 939. The highest BCUT2D eigenvalue weighted by Gasteiger charge is 2.26. The molecule has 0 heterocycles. The molecule has 1 unspecified atom stereocenters. The van der Waals surface area contributed by atoms with Gasteiger partial charge in [0, 0.05) is 16.6 Å². The number of ether oxygens (including phenoxy) is 1. The normalized spacial score (nSPS) is 11.1. The highest BCUT2D eigenvalue weighted by atomic mass is 32.2. The van der Waals surface area contributed by atoms with Gasteiger partial charge in [0.05, 0.1) is 16.6 Å². The Balaban J connectivity index is 2.14. The van der Waals surface area contributed by atoms with Gasteiger partial charge in [0.2, 0.25) is 0 Å². The largest absolute Gasteiger partial charge is 0.449 e. The van der Waals surface area contributed by atoms with Crippen LogP contribution in [-0.2, 0) is 9.53 Å². The molecule has 2 rings (SSSR count). The van der Waals surface area contributed by atoms with Gasteiger partial charge in [0.1, 0.15) is 5.56 Å². The molecule has 2 aromatic rings. The van der Waals surface area contributed by atoms with Crippen LogP contribution < -0.4 is 5.32 Å². The van der Waals surface area contributed by atoms with Gasteiger partial charge in [-0.2, -0.15) is 5.26 Å². The van der Waals surface area contributed by atoms with Crippen LogP contribution >= 0.6 is 11.8 Å². The van der Waals surface area contributed by atoms with E-state index >= 15 is 0 Å². The second kappa shape index (κ2) is 8.82. The van der Waals surface area contributed by atoms with Crippen LogP contribution in [0.2, 0.25) is 0 Å². The number of thioether (sulfide) groups is 1. The molecular weight excluding hydrogens is 370 g/mol. The number of hydrogen-bond acceptors (Lipinski definition) is 7. The van der Waals surface area contributed by atoms with E-state index < -0.39 is 28.6 Å². The maximum Gasteiger partial charge on any atom is 0.345 e. The van der Waals surface area contributed by atoms with Crippen molar-refractivity contribution in [3.63, 3.8) is 0 Å². The van der Waals surface area contributed by atoms with E-state index in [1.165, 1.54) is 43.0 Å². The van der Waals surface area contributed by atoms with E-state index in [-0.39, 0.29) is 5.56 Å². The summed E-state index contributed by atoms with van der Waals surface area (Å²) in [5, 5.41) is 22.5. The van der Waals surface area contributed by atoms with Gasteiger partial charge in [0.25, 0.3) is 11.6 Å². The Labute approximate surface area is 159 Å². The summed E-state index contributed by atoms with van der Waals surface area (Å²) in [5.41, 5.74) is 0.115. The van der Waals surface area contributed by atoms with Crippen molar-refractivity contribution in [3.05, 3.63) is 63.7 Å². The number of nitro groups is 1. The fourth-order valence-electron chi connectivity index (χ4n) is 2.15. The zero-order chi connectivity index (χ0) is 20.0. The van der Waals surface area contributed by atoms with E-state index in [0.717, 1.165) is 0 Å². The van der Waals surface area contributed by atoms with E-state index in [9.17, 15) is 19.7 Å². The zero-order valence-corrected chi connectivity index (χ0v) is 15.3. The number of anilines is 1. The van der Waals surface area contributed by atoms with Gasteiger partial charge >= 0.3 is 5.97 Å². The summed E-state index contributed by atoms with van der Waals surface area (Å²) in [4.78, 5) is 35.7. The number of hydrogen-bond donors (Lipinski definition) is 1. The van der Waals surface area contributed by atoms with Crippen molar-refractivity contribution in [2.75, 3.05) is 11.6 Å². The van der Waals surface area contributed by atoms with E-state index in [2.05, 4.69) is 5.32 Å². The van der Waals surface area contributed by atoms with Gasteiger partial charge in [-0.1, -0.05) is 6.07 Å². The molecular formula is C18H15N3O5S. The number of nitrogens with one attached hydrogen (secondary N) is 1. The third-order valence-corrected chi connectivity index (χ3v) is 4.26. The summed E-state index contributed by atoms with van der Waals surface area (Å²) in [6.45, 7) is 1.35. The average molecular weight is 385 g/mol. The molecule has 0 radical (unpaired) electrons. The Kier molecular flexibility index (Phi) is 6.51. The smallest absolute Gasteiger partial charge is 0.345 e. The number of nitro benzene ring substituents is 1. The standard InChI is InChI=1S/C18H15N3O5S/c1-11(17(22)20-13-5-3-4-12(8-13)10-19)26-18(23)15-9-14(27-2)6-7-16(15)21(24)25/h3-9,11H,1-2H3,(H,20,22). The minimum absolute atomic E-state index is 0.224. The van der Waals surface area contributed by atoms with E-state index in [4.69, 9.17) is 10.00 Å². The van der Waals surface area contributed by atoms with E-state index in [0.29, 0.717) is 16.1 Å². The molecule has 0 aliphatic rings. The van der Waals surface area contributed by atoms with Crippen LogP contribution in [0.1, 0.15) is 22.8 Å². The summed E-state index contributed by atoms with van der Waals surface area (Å²) in [5.74, 6) is -1.59. The van der Waals surface area contributed by atoms with Gasteiger partial charge < -0.3 is 10.1 Å². The Morgan fingerprint density at radius 2 is 2.04 bits per heavy atom. The van der Waals surface area contributed by atoms with Crippen LogP contribution in [0.5, 0.6) is 0 Å². The van der Waals surface area contributed by atoms with E-state index in [1.54, 1.807) is 24.5 Å². The monoisotopic (exact) mass is 385 g/mol. The van der Waals surface area contributed by atoms with Gasteiger partial charge in [-0.25, -0.2) is 4.79 Å². The third-order valence-electron chi connectivity index (χ3n) is 3.53. The molecule has 9 heteroatoms. The van der Waals surface area contributed by atoms with E-state index in [1.807, 2.05) is 6.07 Å². The number of carbonyl (C=O) groups is 2. The quantitative estimate of drug-likeness (QED) is 0.350. The molecule has 0 bridgehead atoms. The highest BCUT2D eigenvalue weighted by molar-refractivity contribution is 7.98. The minimum atomic E-state index is -1.19. The second-order valence-corrected chi connectivity index (χ2v) is 6.25. The number of amides is 1. The molecule has 0 aliphatic carbocycles. The van der Waals surface area contributed by atoms with Gasteiger partial charge in [0.15, 0.2) is 6.10 Å². The fourth-order valence-corrected chi connectivity index (χ4v) is 2.59. The molecule has 0 fully saturated rings. The topological polar surface area (TPSA) is 122 Å². The van der Waals surface area contributed by atoms with Crippen molar-refractivity contribution >= 4 is 35.0 Å². The fraction of sp³-hybridized carbons (Fsp3) is 0.167. The summed E-state index contributed by atoms with van der Waals surface area (Å²) in [7, 11) is 0. The lowest BCUT2D eigenvalue weighted by Crippen LogP contribution is -2.30. The molecule has 0 spiro atoms. The van der Waals surface area contributed by atoms with Crippen molar-refractivity contribution in [2.45, 2.75) is 17.9 Å². The first-order valence-corrected chi connectivity index (χ1v) is 8.92.